The molecule has 0 aromatic heterocycles. The van der Waals surface area contributed by atoms with E-state index in [4.69, 9.17) is 11.1 Å². The first kappa shape index (κ1) is 12.8. The van der Waals surface area contributed by atoms with Crippen LogP contribution in [0.2, 0.25) is 0 Å². The molecule has 2 rings (SSSR count). The Balaban J connectivity index is 2.02. The zero-order chi connectivity index (χ0) is 12.5. The van der Waals surface area contributed by atoms with Gasteiger partial charge in [-0.05, 0) is 25.7 Å². The first-order valence-electron chi connectivity index (χ1n) is 6.36. The van der Waals surface area contributed by atoms with Crippen LogP contribution in [0.1, 0.15) is 44.9 Å². The van der Waals surface area contributed by atoms with E-state index >= 15 is 0 Å². The number of amidine groups is 1. The SMILES string of the molecule is N=C(N)C1CCCC1NS(=O)(=O)C1CCCC1. The molecule has 4 N–H and O–H groups in total. The van der Waals surface area contributed by atoms with Gasteiger partial charge in [0.15, 0.2) is 0 Å². The molecule has 0 radical (unpaired) electrons. The zero-order valence-corrected chi connectivity index (χ0v) is 10.8. The Hall–Kier alpha value is -0.620. The zero-order valence-electron chi connectivity index (χ0n) is 9.98. The number of nitrogens with one attached hydrogen (secondary N) is 2. The lowest BCUT2D eigenvalue weighted by molar-refractivity contribution is 0.511. The van der Waals surface area contributed by atoms with Gasteiger partial charge in [-0.1, -0.05) is 19.3 Å². The number of hydrogen-bond acceptors (Lipinski definition) is 3. The van der Waals surface area contributed by atoms with E-state index in [0.717, 1.165) is 44.9 Å². The van der Waals surface area contributed by atoms with Gasteiger partial charge in [0.2, 0.25) is 10.0 Å². The molecular formula is C11H21N3O2S. The average molecular weight is 259 g/mol. The van der Waals surface area contributed by atoms with Crippen molar-refractivity contribution in [3.05, 3.63) is 0 Å². The lowest BCUT2D eigenvalue weighted by Gasteiger charge is -2.22. The van der Waals surface area contributed by atoms with Crippen LogP contribution in [-0.4, -0.2) is 25.5 Å². The van der Waals surface area contributed by atoms with Gasteiger partial charge in [-0.2, -0.15) is 0 Å². The minimum atomic E-state index is -3.21. The number of nitrogens with two attached hydrogens (primary N) is 1. The Morgan fingerprint density at radius 1 is 1.12 bits per heavy atom. The van der Waals surface area contributed by atoms with E-state index in [9.17, 15) is 8.42 Å². The molecule has 0 aliphatic heterocycles. The van der Waals surface area contributed by atoms with Crippen LogP contribution >= 0.6 is 0 Å². The normalized spacial score (nSPS) is 30.8. The van der Waals surface area contributed by atoms with Crippen LogP contribution in [0.4, 0.5) is 0 Å². The summed E-state index contributed by atoms with van der Waals surface area (Å²) in [5.41, 5.74) is 5.51. The predicted octanol–water partition coefficient (Wildman–Crippen LogP) is 0.953. The molecule has 0 bridgehead atoms. The van der Waals surface area contributed by atoms with E-state index in [0.29, 0.717) is 0 Å². The molecule has 2 aliphatic carbocycles. The van der Waals surface area contributed by atoms with E-state index in [1.54, 1.807) is 0 Å². The molecule has 2 unspecified atom stereocenters. The number of sulfonamides is 1. The third kappa shape index (κ3) is 2.80. The Morgan fingerprint density at radius 3 is 2.35 bits per heavy atom. The Bertz CT molecular complexity index is 388. The summed E-state index contributed by atoms with van der Waals surface area (Å²) in [5.74, 6) is 0.00722. The molecule has 2 atom stereocenters. The fraction of sp³-hybridized carbons (Fsp3) is 0.909. The predicted molar refractivity (Wildman–Crippen MR) is 67.4 cm³/mol. The van der Waals surface area contributed by atoms with Crippen molar-refractivity contribution in [2.75, 3.05) is 0 Å². The summed E-state index contributed by atoms with van der Waals surface area (Å²) >= 11 is 0. The summed E-state index contributed by atoms with van der Waals surface area (Å²) in [4.78, 5) is 0. The average Bonchev–Trinajstić information content (AvgIpc) is 2.85. The Kier molecular flexibility index (Phi) is 3.73. The van der Waals surface area contributed by atoms with Crippen LogP contribution in [0.25, 0.3) is 0 Å². The molecule has 5 nitrogen and oxygen atoms in total. The fourth-order valence-electron chi connectivity index (χ4n) is 2.98. The molecule has 0 spiro atoms. The summed E-state index contributed by atoms with van der Waals surface area (Å²) in [7, 11) is -3.21. The van der Waals surface area contributed by atoms with Gasteiger partial charge in [0.1, 0.15) is 0 Å². The topological polar surface area (TPSA) is 96.0 Å². The highest BCUT2D eigenvalue weighted by Crippen LogP contribution is 2.29. The Labute approximate surface area is 103 Å². The molecule has 2 fully saturated rings. The third-order valence-electron chi connectivity index (χ3n) is 3.97. The highest BCUT2D eigenvalue weighted by Gasteiger charge is 2.36. The molecule has 0 saturated heterocycles. The van der Waals surface area contributed by atoms with Crippen molar-refractivity contribution in [1.82, 2.24) is 4.72 Å². The molecule has 0 amide bonds. The summed E-state index contributed by atoms with van der Waals surface area (Å²) in [6.45, 7) is 0. The quantitative estimate of drug-likeness (QED) is 0.518. The standard InChI is InChI=1S/C11H21N3O2S/c12-11(13)9-6-3-7-10(9)14-17(15,16)8-4-1-2-5-8/h8-10,14H,1-7H2,(H3,12,13). The van der Waals surface area contributed by atoms with Crippen LogP contribution in [0.5, 0.6) is 0 Å². The molecule has 0 aromatic carbocycles. The van der Waals surface area contributed by atoms with Crippen LogP contribution in [0.15, 0.2) is 0 Å². The molecule has 17 heavy (non-hydrogen) atoms. The van der Waals surface area contributed by atoms with E-state index in [2.05, 4.69) is 4.72 Å². The van der Waals surface area contributed by atoms with Gasteiger partial charge >= 0.3 is 0 Å². The first-order chi connectivity index (χ1) is 8.00. The molecule has 0 heterocycles. The smallest absolute Gasteiger partial charge is 0.214 e. The van der Waals surface area contributed by atoms with Gasteiger partial charge in [-0.3, -0.25) is 5.41 Å². The Morgan fingerprint density at radius 2 is 1.76 bits per heavy atom. The highest BCUT2D eigenvalue weighted by molar-refractivity contribution is 7.90. The number of hydrogen-bond donors (Lipinski definition) is 3. The van der Waals surface area contributed by atoms with E-state index < -0.39 is 10.0 Å². The second-order valence-corrected chi connectivity index (χ2v) is 7.16. The van der Waals surface area contributed by atoms with Gasteiger partial charge in [-0.15, -0.1) is 0 Å². The lowest BCUT2D eigenvalue weighted by atomic mass is 10.0. The maximum Gasteiger partial charge on any atom is 0.214 e. The summed E-state index contributed by atoms with van der Waals surface area (Å²) in [6.07, 6.45) is 6.13. The monoisotopic (exact) mass is 259 g/mol. The lowest BCUT2D eigenvalue weighted by Crippen LogP contribution is -2.45. The minimum absolute atomic E-state index is 0.105. The van der Waals surface area contributed by atoms with Crippen molar-refractivity contribution < 1.29 is 8.42 Å². The highest BCUT2D eigenvalue weighted by atomic mass is 32.2. The van der Waals surface area contributed by atoms with Gasteiger partial charge < -0.3 is 5.73 Å². The molecule has 2 aliphatic rings. The van der Waals surface area contributed by atoms with Gasteiger partial charge in [0, 0.05) is 12.0 Å². The van der Waals surface area contributed by atoms with Crippen LogP contribution in [0, 0.1) is 11.3 Å². The molecule has 98 valence electrons. The summed E-state index contributed by atoms with van der Waals surface area (Å²) in [6, 6.07) is -0.155. The van der Waals surface area contributed by atoms with Crippen LogP contribution in [0.3, 0.4) is 0 Å². The van der Waals surface area contributed by atoms with Gasteiger partial charge in [-0.25, -0.2) is 13.1 Å². The van der Waals surface area contributed by atoms with Crippen molar-refractivity contribution in [3.63, 3.8) is 0 Å². The summed E-state index contributed by atoms with van der Waals surface area (Å²) in [5, 5.41) is 7.26. The third-order valence-corrected chi connectivity index (χ3v) is 5.95. The first-order valence-corrected chi connectivity index (χ1v) is 7.90. The molecule has 2 saturated carbocycles. The molecule has 6 heteroatoms. The van der Waals surface area contributed by atoms with Crippen molar-refractivity contribution >= 4 is 15.9 Å². The maximum absolute atomic E-state index is 12.1. The fourth-order valence-corrected chi connectivity index (χ4v) is 4.83. The largest absolute Gasteiger partial charge is 0.387 e. The summed E-state index contributed by atoms with van der Waals surface area (Å²) < 4.78 is 27.0. The van der Waals surface area contributed by atoms with E-state index in [1.165, 1.54) is 0 Å². The molecular weight excluding hydrogens is 238 g/mol. The van der Waals surface area contributed by atoms with E-state index in [1.807, 2.05) is 0 Å². The van der Waals surface area contributed by atoms with Crippen LogP contribution in [-0.2, 0) is 10.0 Å². The minimum Gasteiger partial charge on any atom is -0.387 e. The van der Waals surface area contributed by atoms with Crippen molar-refractivity contribution in [3.8, 4) is 0 Å². The van der Waals surface area contributed by atoms with Crippen molar-refractivity contribution in [1.29, 1.82) is 5.41 Å². The maximum atomic E-state index is 12.1. The van der Waals surface area contributed by atoms with Gasteiger partial charge in [0.25, 0.3) is 0 Å². The van der Waals surface area contributed by atoms with Crippen molar-refractivity contribution in [2.45, 2.75) is 56.2 Å². The second kappa shape index (κ2) is 4.94. The van der Waals surface area contributed by atoms with Crippen LogP contribution < -0.4 is 10.5 Å². The van der Waals surface area contributed by atoms with Crippen molar-refractivity contribution in [2.24, 2.45) is 11.7 Å². The molecule has 0 aromatic rings. The second-order valence-electron chi connectivity index (χ2n) is 5.17. The van der Waals surface area contributed by atoms with Gasteiger partial charge in [0.05, 0.1) is 11.1 Å². The number of rotatable bonds is 4. The van der Waals surface area contributed by atoms with E-state index in [-0.39, 0.29) is 23.0 Å².